The molecule has 0 spiro atoms. The van der Waals surface area contributed by atoms with E-state index in [1.54, 1.807) is 0 Å². The standard InChI is InChI=1S/C14H14ClN3/c1-9-11-7-16-8-13(11)18-14(17-9)6-10-4-2-3-5-12(10)15/h2-5,16H,6-8H2,1H3. The van der Waals surface area contributed by atoms with Crippen molar-refractivity contribution in [2.45, 2.75) is 26.4 Å². The van der Waals surface area contributed by atoms with Gasteiger partial charge in [0.05, 0.1) is 5.69 Å². The molecule has 0 radical (unpaired) electrons. The van der Waals surface area contributed by atoms with Crippen LogP contribution in [0.15, 0.2) is 24.3 Å². The van der Waals surface area contributed by atoms with Crippen molar-refractivity contribution in [3.63, 3.8) is 0 Å². The molecule has 0 atom stereocenters. The molecule has 1 aliphatic rings. The summed E-state index contributed by atoms with van der Waals surface area (Å²) in [4.78, 5) is 9.19. The fourth-order valence-corrected chi connectivity index (χ4v) is 2.49. The minimum Gasteiger partial charge on any atom is -0.307 e. The summed E-state index contributed by atoms with van der Waals surface area (Å²) in [6.07, 6.45) is 0.688. The molecule has 2 heterocycles. The Morgan fingerprint density at radius 2 is 2.06 bits per heavy atom. The molecule has 1 aromatic carbocycles. The number of fused-ring (bicyclic) bond motifs is 1. The van der Waals surface area contributed by atoms with E-state index >= 15 is 0 Å². The Balaban J connectivity index is 1.95. The molecule has 0 saturated carbocycles. The lowest BCUT2D eigenvalue weighted by atomic mass is 10.1. The van der Waals surface area contributed by atoms with Gasteiger partial charge in [0, 0.05) is 35.8 Å². The van der Waals surface area contributed by atoms with Gasteiger partial charge in [-0.15, -0.1) is 0 Å². The van der Waals surface area contributed by atoms with Crippen molar-refractivity contribution < 1.29 is 0 Å². The molecule has 0 bridgehead atoms. The fraction of sp³-hybridized carbons (Fsp3) is 0.286. The normalized spacial score (nSPS) is 13.7. The van der Waals surface area contributed by atoms with Crippen LogP contribution in [0.1, 0.15) is 28.3 Å². The lowest BCUT2D eigenvalue weighted by Gasteiger charge is -2.07. The number of nitrogens with one attached hydrogen (secondary N) is 1. The van der Waals surface area contributed by atoms with E-state index < -0.39 is 0 Å². The van der Waals surface area contributed by atoms with E-state index in [4.69, 9.17) is 11.6 Å². The highest BCUT2D eigenvalue weighted by Crippen LogP contribution is 2.20. The maximum absolute atomic E-state index is 6.16. The van der Waals surface area contributed by atoms with Gasteiger partial charge in [-0.05, 0) is 18.6 Å². The van der Waals surface area contributed by atoms with Gasteiger partial charge in [0.15, 0.2) is 0 Å². The van der Waals surface area contributed by atoms with Crippen molar-refractivity contribution in [3.8, 4) is 0 Å². The number of halogens is 1. The predicted molar refractivity (Wildman–Crippen MR) is 71.6 cm³/mol. The minimum atomic E-state index is 0.688. The Bertz CT molecular complexity index is 596. The summed E-state index contributed by atoms with van der Waals surface area (Å²) in [5.74, 6) is 0.850. The van der Waals surface area contributed by atoms with Crippen LogP contribution in [0, 0.1) is 6.92 Å². The highest BCUT2D eigenvalue weighted by atomic mass is 35.5. The first-order valence-electron chi connectivity index (χ1n) is 6.03. The molecule has 18 heavy (non-hydrogen) atoms. The van der Waals surface area contributed by atoms with Gasteiger partial charge in [0.2, 0.25) is 0 Å². The summed E-state index contributed by atoms with van der Waals surface area (Å²) in [5, 5.41) is 4.08. The first kappa shape index (κ1) is 11.6. The Labute approximate surface area is 111 Å². The molecule has 3 rings (SSSR count). The second-order valence-electron chi connectivity index (χ2n) is 4.52. The van der Waals surface area contributed by atoms with Gasteiger partial charge < -0.3 is 5.32 Å². The van der Waals surface area contributed by atoms with Gasteiger partial charge in [0.1, 0.15) is 5.82 Å². The topological polar surface area (TPSA) is 37.8 Å². The maximum atomic E-state index is 6.16. The molecule has 4 heteroatoms. The van der Waals surface area contributed by atoms with E-state index in [1.165, 1.54) is 5.56 Å². The van der Waals surface area contributed by atoms with Crippen LogP contribution in [0.4, 0.5) is 0 Å². The third kappa shape index (κ3) is 2.11. The molecule has 0 unspecified atom stereocenters. The number of nitrogens with zero attached hydrogens (tertiary/aromatic N) is 2. The number of hydrogen-bond acceptors (Lipinski definition) is 3. The van der Waals surface area contributed by atoms with Crippen molar-refractivity contribution >= 4 is 11.6 Å². The molecule has 3 nitrogen and oxygen atoms in total. The maximum Gasteiger partial charge on any atom is 0.133 e. The summed E-state index contributed by atoms with van der Waals surface area (Å²) in [6.45, 7) is 3.77. The molecule has 1 aromatic heterocycles. The zero-order valence-corrected chi connectivity index (χ0v) is 11.0. The third-order valence-electron chi connectivity index (χ3n) is 3.25. The summed E-state index contributed by atoms with van der Waals surface area (Å²) < 4.78 is 0. The summed E-state index contributed by atoms with van der Waals surface area (Å²) in [6, 6.07) is 7.85. The van der Waals surface area contributed by atoms with Crippen LogP contribution in [-0.2, 0) is 19.5 Å². The smallest absolute Gasteiger partial charge is 0.133 e. The van der Waals surface area contributed by atoms with Gasteiger partial charge in [-0.2, -0.15) is 0 Å². The predicted octanol–water partition coefficient (Wildman–Crippen LogP) is 2.63. The number of benzene rings is 1. The Morgan fingerprint density at radius 1 is 1.22 bits per heavy atom. The molecule has 0 amide bonds. The van der Waals surface area contributed by atoms with E-state index in [9.17, 15) is 0 Å². The van der Waals surface area contributed by atoms with E-state index in [0.717, 1.165) is 40.9 Å². The Hall–Kier alpha value is -1.45. The van der Waals surface area contributed by atoms with Crippen LogP contribution in [0.25, 0.3) is 0 Å². The third-order valence-corrected chi connectivity index (χ3v) is 3.62. The van der Waals surface area contributed by atoms with E-state index in [-0.39, 0.29) is 0 Å². The fourth-order valence-electron chi connectivity index (χ4n) is 2.29. The van der Waals surface area contributed by atoms with Crippen molar-refractivity contribution in [1.82, 2.24) is 15.3 Å². The molecule has 1 N–H and O–H groups in total. The second kappa shape index (κ2) is 4.67. The minimum absolute atomic E-state index is 0.688. The molecule has 1 aliphatic heterocycles. The first-order chi connectivity index (χ1) is 8.74. The second-order valence-corrected chi connectivity index (χ2v) is 4.93. The SMILES string of the molecule is Cc1nc(Cc2ccccc2Cl)nc2c1CNC2. The van der Waals surface area contributed by atoms with Gasteiger partial charge in [0.25, 0.3) is 0 Å². The number of rotatable bonds is 2. The Morgan fingerprint density at radius 3 is 2.89 bits per heavy atom. The molecule has 2 aromatic rings. The zero-order chi connectivity index (χ0) is 12.5. The Kier molecular flexibility index (Phi) is 3.02. The molecule has 0 saturated heterocycles. The average molecular weight is 260 g/mol. The molecular formula is C14H14ClN3. The van der Waals surface area contributed by atoms with Gasteiger partial charge >= 0.3 is 0 Å². The summed E-state index contributed by atoms with van der Waals surface area (Å²) >= 11 is 6.16. The highest BCUT2D eigenvalue weighted by molar-refractivity contribution is 6.31. The lowest BCUT2D eigenvalue weighted by molar-refractivity contribution is 0.755. The number of aromatic nitrogens is 2. The van der Waals surface area contributed by atoms with Gasteiger partial charge in [-0.25, -0.2) is 9.97 Å². The van der Waals surface area contributed by atoms with Crippen molar-refractivity contribution in [2.75, 3.05) is 0 Å². The molecular weight excluding hydrogens is 246 g/mol. The van der Waals surface area contributed by atoms with Crippen LogP contribution >= 0.6 is 11.6 Å². The summed E-state index contributed by atoms with van der Waals surface area (Å²) in [5.41, 5.74) is 4.53. The summed E-state index contributed by atoms with van der Waals surface area (Å²) in [7, 11) is 0. The molecule has 0 fully saturated rings. The van der Waals surface area contributed by atoms with Crippen molar-refractivity contribution in [2.24, 2.45) is 0 Å². The van der Waals surface area contributed by atoms with Crippen LogP contribution < -0.4 is 5.32 Å². The van der Waals surface area contributed by atoms with Crippen LogP contribution in [-0.4, -0.2) is 9.97 Å². The first-order valence-corrected chi connectivity index (χ1v) is 6.41. The lowest BCUT2D eigenvalue weighted by Crippen LogP contribution is -2.04. The molecule has 92 valence electrons. The van der Waals surface area contributed by atoms with E-state index in [0.29, 0.717) is 6.42 Å². The highest BCUT2D eigenvalue weighted by Gasteiger charge is 2.16. The number of hydrogen-bond donors (Lipinski definition) is 1. The monoisotopic (exact) mass is 259 g/mol. The quantitative estimate of drug-likeness (QED) is 0.901. The zero-order valence-electron chi connectivity index (χ0n) is 10.2. The van der Waals surface area contributed by atoms with Gasteiger partial charge in [-0.3, -0.25) is 0 Å². The van der Waals surface area contributed by atoms with Crippen LogP contribution in [0.3, 0.4) is 0 Å². The van der Waals surface area contributed by atoms with Gasteiger partial charge in [-0.1, -0.05) is 29.8 Å². The number of aryl methyl sites for hydroxylation is 1. The largest absolute Gasteiger partial charge is 0.307 e. The van der Waals surface area contributed by atoms with Crippen molar-refractivity contribution in [3.05, 3.63) is 57.6 Å². The molecule has 0 aliphatic carbocycles. The van der Waals surface area contributed by atoms with Crippen LogP contribution in [0.5, 0.6) is 0 Å². The van der Waals surface area contributed by atoms with E-state index in [2.05, 4.69) is 15.3 Å². The van der Waals surface area contributed by atoms with Crippen LogP contribution in [0.2, 0.25) is 5.02 Å². The van der Waals surface area contributed by atoms with E-state index in [1.807, 2.05) is 31.2 Å². The van der Waals surface area contributed by atoms with Crippen molar-refractivity contribution in [1.29, 1.82) is 0 Å². The average Bonchev–Trinajstić information content (AvgIpc) is 2.81.